The highest BCUT2D eigenvalue weighted by Gasteiger charge is 2.18. The van der Waals surface area contributed by atoms with Crippen LogP contribution in [0.25, 0.3) is 22.2 Å². The Morgan fingerprint density at radius 2 is 1.76 bits per heavy atom. The number of aromatic nitrogens is 3. The molecule has 0 aliphatic heterocycles. The van der Waals surface area contributed by atoms with Crippen molar-refractivity contribution in [2.45, 2.75) is 4.90 Å². The maximum absolute atomic E-state index is 12.1. The van der Waals surface area contributed by atoms with Gasteiger partial charge in [0.05, 0.1) is 11.5 Å². The summed E-state index contributed by atoms with van der Waals surface area (Å²) in [6.45, 7) is -0.387. The molecule has 10 nitrogen and oxygen atoms in total. The summed E-state index contributed by atoms with van der Waals surface area (Å²) in [5, 5.41) is 22.0. The molecule has 12 heteroatoms. The Bertz CT molecular complexity index is 1480. The van der Waals surface area contributed by atoms with Crippen LogP contribution in [0.15, 0.2) is 70.2 Å². The molecule has 0 spiro atoms. The number of benzene rings is 2. The molecule has 4 aromatic rings. The topological polar surface area (TPSA) is 154 Å². The predicted octanol–water partition coefficient (Wildman–Crippen LogP) is 3.17. The molecule has 2 aromatic carbocycles. The van der Waals surface area contributed by atoms with Crippen molar-refractivity contribution >= 4 is 54.6 Å². The number of carboxylic acid groups (broad SMARTS) is 1. The van der Waals surface area contributed by atoms with Gasteiger partial charge in [-0.2, -0.15) is 4.98 Å². The highest BCUT2D eigenvalue weighted by atomic mass is 79.9. The van der Waals surface area contributed by atoms with Crippen LogP contribution in [0.1, 0.15) is 10.5 Å². The van der Waals surface area contributed by atoms with Gasteiger partial charge in [-0.3, -0.25) is 0 Å². The molecule has 0 amide bonds. The van der Waals surface area contributed by atoms with E-state index in [-0.39, 0.29) is 35.3 Å². The molecule has 34 heavy (non-hydrogen) atoms. The molecule has 4 N–H and O–H groups in total. The summed E-state index contributed by atoms with van der Waals surface area (Å²) in [7, 11) is -3.72. The number of hydrogen-bond acceptors (Lipinski definition) is 8. The molecule has 4 rings (SSSR count). The van der Waals surface area contributed by atoms with E-state index in [2.05, 4.69) is 40.9 Å². The average Bonchev–Trinajstić information content (AvgIpc) is 2.82. The number of carbonyl (C=O) groups is 1. The number of carboxylic acids is 1. The van der Waals surface area contributed by atoms with E-state index in [1.807, 2.05) is 12.1 Å². The molecule has 2 heterocycles. The number of nitrogens with zero attached hydrogens (tertiary/aromatic N) is 3. The number of anilines is 2. The second-order valence-electron chi connectivity index (χ2n) is 7.05. The fourth-order valence-corrected chi connectivity index (χ4v) is 4.70. The average molecular weight is 544 g/mol. The molecule has 0 atom stereocenters. The van der Waals surface area contributed by atoms with Crippen molar-refractivity contribution in [1.29, 1.82) is 0 Å². The van der Waals surface area contributed by atoms with Gasteiger partial charge in [-0.15, -0.1) is 0 Å². The number of hydrogen-bond donors (Lipinski definition) is 4. The van der Waals surface area contributed by atoms with Crippen LogP contribution in [0.4, 0.5) is 11.6 Å². The molecular weight excluding hydrogens is 526 g/mol. The minimum Gasteiger partial charge on any atom is -0.476 e. The number of aliphatic hydroxyl groups excluding tert-OH is 1. The van der Waals surface area contributed by atoms with Gasteiger partial charge in [0.15, 0.2) is 11.3 Å². The molecule has 174 valence electrons. The molecule has 0 radical (unpaired) electrons. The molecule has 0 aliphatic rings. The number of aromatic carboxylic acids is 1. The molecule has 0 fully saturated rings. The molecule has 2 aromatic heterocycles. The van der Waals surface area contributed by atoms with Crippen molar-refractivity contribution in [3.8, 4) is 11.1 Å². The van der Waals surface area contributed by atoms with Gasteiger partial charge in [-0.1, -0.05) is 34.1 Å². The number of rotatable bonds is 8. The molecular formula is C22H18BrN5O5S. The lowest BCUT2D eigenvalue weighted by molar-refractivity contribution is 0.0691. The molecule has 0 bridgehead atoms. The summed E-state index contributed by atoms with van der Waals surface area (Å²) in [4.78, 5) is 24.8. The largest absolute Gasteiger partial charge is 0.476 e. The minimum absolute atomic E-state index is 0.0401. The number of sulfonamides is 1. The van der Waals surface area contributed by atoms with Gasteiger partial charge in [-0.25, -0.2) is 27.9 Å². The SMILES string of the molecule is O=C(O)c1nc2nc(Nc3ccc(S(=O)(=O)NCCO)cc3)ncc2cc1-c1ccccc1Br. The van der Waals surface area contributed by atoms with Gasteiger partial charge in [0, 0.05) is 33.9 Å². The number of aliphatic hydroxyl groups is 1. The van der Waals surface area contributed by atoms with Crippen LogP contribution in [-0.4, -0.2) is 52.7 Å². The lowest BCUT2D eigenvalue weighted by Crippen LogP contribution is -2.26. The van der Waals surface area contributed by atoms with E-state index in [0.717, 1.165) is 4.47 Å². The smallest absolute Gasteiger partial charge is 0.355 e. The monoisotopic (exact) mass is 543 g/mol. The summed E-state index contributed by atoms with van der Waals surface area (Å²) in [6, 6.07) is 14.8. The Morgan fingerprint density at radius 3 is 2.44 bits per heavy atom. The molecule has 0 aliphatic carbocycles. The number of fused-ring (bicyclic) bond motifs is 1. The summed E-state index contributed by atoms with van der Waals surface area (Å²) < 4.78 is 27.2. The third-order valence-electron chi connectivity index (χ3n) is 4.76. The van der Waals surface area contributed by atoms with Crippen LogP contribution >= 0.6 is 15.9 Å². The van der Waals surface area contributed by atoms with Crippen LogP contribution < -0.4 is 10.0 Å². The van der Waals surface area contributed by atoms with Crippen molar-refractivity contribution in [2.24, 2.45) is 0 Å². The van der Waals surface area contributed by atoms with Gasteiger partial charge < -0.3 is 15.5 Å². The summed E-state index contributed by atoms with van der Waals surface area (Å²) in [6.07, 6.45) is 1.53. The molecule has 0 saturated carbocycles. The zero-order valence-electron chi connectivity index (χ0n) is 17.4. The van der Waals surface area contributed by atoms with Crippen molar-refractivity contribution in [3.05, 3.63) is 71.0 Å². The van der Waals surface area contributed by atoms with Crippen molar-refractivity contribution in [2.75, 3.05) is 18.5 Å². The second-order valence-corrected chi connectivity index (χ2v) is 9.67. The first kappa shape index (κ1) is 23.7. The van der Waals surface area contributed by atoms with Crippen LogP contribution in [0.2, 0.25) is 0 Å². The fraction of sp³-hybridized carbons (Fsp3) is 0.0909. The third-order valence-corrected chi connectivity index (χ3v) is 6.93. The van der Waals surface area contributed by atoms with Crippen LogP contribution in [0, 0.1) is 0 Å². The highest BCUT2D eigenvalue weighted by molar-refractivity contribution is 9.10. The number of nitrogens with one attached hydrogen (secondary N) is 2. The molecule has 0 unspecified atom stereocenters. The number of pyridine rings is 1. The second kappa shape index (κ2) is 9.81. The van der Waals surface area contributed by atoms with Crippen LogP contribution in [0.5, 0.6) is 0 Å². The summed E-state index contributed by atoms with van der Waals surface area (Å²) in [5.74, 6) is -1.02. The van der Waals surface area contributed by atoms with Crippen molar-refractivity contribution in [1.82, 2.24) is 19.7 Å². The maximum atomic E-state index is 12.1. The Balaban J connectivity index is 1.65. The van der Waals surface area contributed by atoms with E-state index in [0.29, 0.717) is 22.2 Å². The first-order chi connectivity index (χ1) is 16.3. The van der Waals surface area contributed by atoms with Crippen molar-refractivity contribution in [3.63, 3.8) is 0 Å². The van der Waals surface area contributed by atoms with Crippen molar-refractivity contribution < 1.29 is 23.4 Å². The third kappa shape index (κ3) is 5.04. The maximum Gasteiger partial charge on any atom is 0.355 e. The first-order valence-corrected chi connectivity index (χ1v) is 12.2. The zero-order valence-corrected chi connectivity index (χ0v) is 19.8. The normalized spacial score (nSPS) is 11.5. The minimum atomic E-state index is -3.72. The number of halogens is 1. The van der Waals surface area contributed by atoms with Crippen LogP contribution in [-0.2, 0) is 10.0 Å². The van der Waals surface area contributed by atoms with Gasteiger partial charge in [-0.05, 0) is 42.0 Å². The Kier molecular flexibility index (Phi) is 6.84. The highest BCUT2D eigenvalue weighted by Crippen LogP contribution is 2.32. The van der Waals surface area contributed by atoms with E-state index in [4.69, 9.17) is 5.11 Å². The van der Waals surface area contributed by atoms with Gasteiger partial charge in [0.1, 0.15) is 0 Å². The Morgan fingerprint density at radius 1 is 1.03 bits per heavy atom. The summed E-state index contributed by atoms with van der Waals surface area (Å²) >= 11 is 3.44. The summed E-state index contributed by atoms with van der Waals surface area (Å²) in [5.41, 5.74) is 1.68. The first-order valence-electron chi connectivity index (χ1n) is 9.92. The standard InChI is InChI=1S/C22H18BrN5O5S/c23-18-4-2-1-3-16(18)17-11-13-12-24-22(28-20(13)27-19(17)21(30)31)26-14-5-7-15(8-6-14)34(32,33)25-9-10-29/h1-8,11-12,25,29H,9-10H2,(H,30,31)(H,24,26,27,28). The van der Waals surface area contributed by atoms with E-state index in [1.165, 1.54) is 30.5 Å². The van der Waals surface area contributed by atoms with E-state index < -0.39 is 16.0 Å². The van der Waals surface area contributed by atoms with Crippen LogP contribution in [0.3, 0.4) is 0 Å². The Labute approximate surface area is 202 Å². The Hall–Kier alpha value is -3.45. The van der Waals surface area contributed by atoms with Gasteiger partial charge in [0.2, 0.25) is 16.0 Å². The quantitative estimate of drug-likeness (QED) is 0.262. The fourth-order valence-electron chi connectivity index (χ4n) is 3.18. The lowest BCUT2D eigenvalue weighted by atomic mass is 10.0. The lowest BCUT2D eigenvalue weighted by Gasteiger charge is -2.11. The van der Waals surface area contributed by atoms with E-state index >= 15 is 0 Å². The van der Waals surface area contributed by atoms with E-state index in [1.54, 1.807) is 18.2 Å². The van der Waals surface area contributed by atoms with E-state index in [9.17, 15) is 18.3 Å². The van der Waals surface area contributed by atoms with Gasteiger partial charge in [0.25, 0.3) is 0 Å². The predicted molar refractivity (Wildman–Crippen MR) is 129 cm³/mol. The van der Waals surface area contributed by atoms with Gasteiger partial charge >= 0.3 is 5.97 Å². The molecule has 0 saturated heterocycles. The zero-order chi connectivity index (χ0) is 24.3.